The van der Waals surface area contributed by atoms with E-state index < -0.39 is 4.92 Å². The maximum Gasteiger partial charge on any atom is 0.269 e. The van der Waals surface area contributed by atoms with E-state index in [9.17, 15) is 10.1 Å². The molecule has 0 saturated carbocycles. The van der Waals surface area contributed by atoms with Crippen LogP contribution in [0.2, 0.25) is 0 Å². The van der Waals surface area contributed by atoms with Crippen LogP contribution >= 0.6 is 0 Å². The lowest BCUT2D eigenvalue weighted by molar-refractivity contribution is -0.384. The molecule has 4 rings (SSSR count). The Hall–Kier alpha value is -4.22. The first kappa shape index (κ1) is 19.1. The first-order valence-electron chi connectivity index (χ1n) is 9.10. The fourth-order valence-electron chi connectivity index (χ4n) is 2.92. The van der Waals surface area contributed by atoms with Crippen molar-refractivity contribution in [1.82, 2.24) is 14.6 Å². The van der Waals surface area contributed by atoms with Crippen molar-refractivity contribution in [2.45, 2.75) is 0 Å². The lowest BCUT2D eigenvalue weighted by Crippen LogP contribution is -2.01. The Morgan fingerprint density at radius 1 is 1.10 bits per heavy atom. The maximum atomic E-state index is 10.8. The van der Waals surface area contributed by atoms with Gasteiger partial charge in [-0.05, 0) is 30.2 Å². The second kappa shape index (κ2) is 8.43. The Morgan fingerprint density at radius 3 is 2.57 bits per heavy atom. The van der Waals surface area contributed by atoms with E-state index in [1.54, 1.807) is 29.8 Å². The molecule has 1 N–H and O–H groups in total. The molecule has 2 aromatic carbocycles. The van der Waals surface area contributed by atoms with Crippen LogP contribution in [0, 0.1) is 22.0 Å². The van der Waals surface area contributed by atoms with Crippen molar-refractivity contribution in [3.63, 3.8) is 0 Å². The van der Waals surface area contributed by atoms with E-state index >= 15 is 0 Å². The molecule has 0 aliphatic heterocycles. The summed E-state index contributed by atoms with van der Waals surface area (Å²) in [5, 5.41) is 18.6. The highest BCUT2D eigenvalue weighted by atomic mass is 16.6. The summed E-state index contributed by atoms with van der Waals surface area (Å²) in [6, 6.07) is 19.6. The van der Waals surface area contributed by atoms with Crippen molar-refractivity contribution in [1.29, 1.82) is 0 Å². The highest BCUT2D eigenvalue weighted by Gasteiger charge is 2.14. The summed E-state index contributed by atoms with van der Waals surface area (Å²) in [4.78, 5) is 15.1. The summed E-state index contributed by atoms with van der Waals surface area (Å²) in [6.45, 7) is 0.294. The van der Waals surface area contributed by atoms with Gasteiger partial charge in [0.1, 0.15) is 18.0 Å². The number of rotatable bonds is 5. The molecule has 30 heavy (non-hydrogen) atoms. The van der Waals surface area contributed by atoms with Crippen LogP contribution in [0.3, 0.4) is 0 Å². The molecule has 148 valence electrons. The lowest BCUT2D eigenvalue weighted by Gasteiger charge is -2.06. The standard InChI is InChI=1S/C22H17N5O3/c1-30-15-5-8-19-22(16-6-3-2-4-7-16)24-21-14-13-20(25-26(19)21)23-17-9-11-18(12-10-17)27(28)29/h2-4,6-7,9-14H,15H2,1H3,(H,23,25). The zero-order chi connectivity index (χ0) is 20.9. The van der Waals surface area contributed by atoms with E-state index in [-0.39, 0.29) is 5.69 Å². The topological polar surface area (TPSA) is 94.6 Å². The molecule has 0 aliphatic carbocycles. The molecule has 8 nitrogen and oxygen atoms in total. The van der Waals surface area contributed by atoms with Crippen molar-refractivity contribution in [3.8, 4) is 23.1 Å². The van der Waals surface area contributed by atoms with Crippen LogP contribution in [0.15, 0.2) is 66.7 Å². The Labute approximate surface area is 172 Å². The van der Waals surface area contributed by atoms with Crippen molar-refractivity contribution < 1.29 is 9.66 Å². The van der Waals surface area contributed by atoms with Crippen LogP contribution in [-0.2, 0) is 4.74 Å². The lowest BCUT2D eigenvalue weighted by atomic mass is 10.1. The Kier molecular flexibility index (Phi) is 5.37. The predicted octanol–water partition coefficient (Wildman–Crippen LogP) is 4.05. The number of nitrogens with one attached hydrogen (secondary N) is 1. The summed E-state index contributed by atoms with van der Waals surface area (Å²) in [6.07, 6.45) is 0. The van der Waals surface area contributed by atoms with E-state index in [1.807, 2.05) is 36.4 Å². The highest BCUT2D eigenvalue weighted by molar-refractivity contribution is 5.70. The quantitative estimate of drug-likeness (QED) is 0.309. The van der Waals surface area contributed by atoms with Crippen molar-refractivity contribution in [2.75, 3.05) is 19.0 Å². The van der Waals surface area contributed by atoms with Gasteiger partial charge >= 0.3 is 0 Å². The molecule has 0 unspecified atom stereocenters. The minimum absolute atomic E-state index is 0.0294. The van der Waals surface area contributed by atoms with Crippen LogP contribution in [0.5, 0.6) is 0 Å². The van der Waals surface area contributed by atoms with Gasteiger partial charge in [0, 0.05) is 30.5 Å². The smallest absolute Gasteiger partial charge is 0.269 e. The first-order valence-corrected chi connectivity index (χ1v) is 9.10. The number of benzene rings is 2. The van der Waals surface area contributed by atoms with Crippen molar-refractivity contribution in [2.24, 2.45) is 0 Å². The summed E-state index contributed by atoms with van der Waals surface area (Å²) in [5.74, 6) is 6.63. The molecule has 0 amide bonds. The van der Waals surface area contributed by atoms with Gasteiger partial charge in [-0.15, -0.1) is 5.10 Å². The molecule has 0 bridgehead atoms. The zero-order valence-electron chi connectivity index (χ0n) is 16.1. The average Bonchev–Trinajstić information content (AvgIpc) is 3.13. The van der Waals surface area contributed by atoms with Gasteiger partial charge < -0.3 is 10.1 Å². The SMILES string of the molecule is COCC#Cc1c(-c2ccccc2)nc2ccc(Nc3ccc([N+](=O)[O-])cc3)nn12. The zero-order valence-corrected chi connectivity index (χ0v) is 16.1. The number of ether oxygens (including phenoxy) is 1. The number of aromatic nitrogens is 3. The molecule has 2 heterocycles. The molecule has 0 spiro atoms. The Morgan fingerprint density at radius 2 is 1.87 bits per heavy atom. The third kappa shape index (κ3) is 3.97. The molecule has 4 aromatic rings. The van der Waals surface area contributed by atoms with Crippen LogP contribution in [0.4, 0.5) is 17.2 Å². The predicted molar refractivity (Wildman–Crippen MR) is 114 cm³/mol. The number of fused-ring (bicyclic) bond motifs is 1. The number of anilines is 2. The molecular weight excluding hydrogens is 382 g/mol. The average molecular weight is 399 g/mol. The van der Waals surface area contributed by atoms with Gasteiger partial charge in [0.25, 0.3) is 5.69 Å². The fourth-order valence-corrected chi connectivity index (χ4v) is 2.92. The number of nitro benzene ring substituents is 1. The normalized spacial score (nSPS) is 10.4. The summed E-state index contributed by atoms with van der Waals surface area (Å²) in [7, 11) is 1.59. The molecule has 2 aromatic heterocycles. The summed E-state index contributed by atoms with van der Waals surface area (Å²) in [5.41, 5.74) is 3.70. The van der Waals surface area contributed by atoms with Crippen LogP contribution in [0.25, 0.3) is 16.9 Å². The fraction of sp³-hybridized carbons (Fsp3) is 0.0909. The second-order valence-corrected chi connectivity index (χ2v) is 6.33. The third-order valence-corrected chi connectivity index (χ3v) is 4.30. The van der Waals surface area contributed by atoms with Gasteiger partial charge in [0.15, 0.2) is 11.5 Å². The third-order valence-electron chi connectivity index (χ3n) is 4.30. The van der Waals surface area contributed by atoms with Crippen molar-refractivity contribution >= 4 is 22.8 Å². The number of hydrogen-bond acceptors (Lipinski definition) is 6. The molecule has 8 heteroatoms. The maximum absolute atomic E-state index is 10.8. The number of nitro groups is 1. The van der Waals surface area contributed by atoms with Gasteiger partial charge in [0.05, 0.1) is 4.92 Å². The summed E-state index contributed by atoms with van der Waals surface area (Å²) < 4.78 is 6.72. The number of hydrogen-bond donors (Lipinski definition) is 1. The van der Waals surface area contributed by atoms with E-state index in [2.05, 4.69) is 22.3 Å². The van der Waals surface area contributed by atoms with Crippen LogP contribution < -0.4 is 5.32 Å². The molecule has 0 aliphatic rings. The second-order valence-electron chi connectivity index (χ2n) is 6.33. The van der Waals surface area contributed by atoms with Gasteiger partial charge in [-0.1, -0.05) is 36.3 Å². The number of non-ortho nitro benzene ring substituents is 1. The molecule has 0 saturated heterocycles. The van der Waals surface area contributed by atoms with E-state index in [0.29, 0.717) is 29.5 Å². The highest BCUT2D eigenvalue weighted by Crippen LogP contribution is 2.25. The Bertz CT molecular complexity index is 1260. The number of nitrogens with zero attached hydrogens (tertiary/aromatic N) is 4. The molecule has 0 fully saturated rings. The monoisotopic (exact) mass is 399 g/mol. The first-order chi connectivity index (χ1) is 14.7. The van der Waals surface area contributed by atoms with Gasteiger partial charge in [-0.3, -0.25) is 10.1 Å². The van der Waals surface area contributed by atoms with Gasteiger partial charge in [0.2, 0.25) is 0 Å². The molecule has 0 atom stereocenters. The van der Waals surface area contributed by atoms with Gasteiger partial charge in [-0.2, -0.15) is 0 Å². The van der Waals surface area contributed by atoms with Crippen LogP contribution in [0.1, 0.15) is 5.69 Å². The number of methoxy groups -OCH3 is 1. The van der Waals surface area contributed by atoms with Crippen molar-refractivity contribution in [3.05, 3.63) is 82.5 Å². The van der Waals surface area contributed by atoms with E-state index in [0.717, 1.165) is 11.3 Å². The molecule has 0 radical (unpaired) electrons. The minimum atomic E-state index is -0.435. The largest absolute Gasteiger partial charge is 0.372 e. The van der Waals surface area contributed by atoms with Gasteiger partial charge in [-0.25, -0.2) is 9.50 Å². The van der Waals surface area contributed by atoms with E-state index in [4.69, 9.17) is 9.72 Å². The number of imidazole rings is 1. The van der Waals surface area contributed by atoms with E-state index in [1.165, 1.54) is 12.1 Å². The summed E-state index contributed by atoms with van der Waals surface area (Å²) >= 11 is 0. The van der Waals surface area contributed by atoms with Crippen LogP contribution in [-0.4, -0.2) is 33.2 Å². The minimum Gasteiger partial charge on any atom is -0.372 e. The Balaban J connectivity index is 1.74. The molecular formula is C22H17N5O3.